The van der Waals surface area contributed by atoms with Gasteiger partial charge in [-0.2, -0.15) is 0 Å². The molecule has 5 rings (SSSR count). The number of likely N-dealkylation sites (N-methyl/N-ethyl adjacent to an activating group) is 1. The number of benzene rings is 1. The largest absolute Gasteiger partial charge is 0.504 e. The minimum absolute atomic E-state index is 0.182. The van der Waals surface area contributed by atoms with Crippen molar-refractivity contribution < 1.29 is 19.4 Å². The first-order valence-electron chi connectivity index (χ1n) is 8.63. The van der Waals surface area contributed by atoms with E-state index in [1.54, 1.807) is 6.07 Å². The van der Waals surface area contributed by atoms with Crippen molar-refractivity contribution in [3.8, 4) is 11.5 Å². The maximum atomic E-state index is 11.5. The minimum atomic E-state index is -0.319. The predicted molar refractivity (Wildman–Crippen MR) is 86.9 cm³/mol. The SMILES string of the molecule is CC(=O)OC1=CCC2C3Cc4ccc(O)c5c4C2(CCN3C)C1O5. The van der Waals surface area contributed by atoms with Crippen molar-refractivity contribution in [3.63, 3.8) is 0 Å². The van der Waals surface area contributed by atoms with Gasteiger partial charge in [0.2, 0.25) is 0 Å². The van der Waals surface area contributed by atoms with Crippen LogP contribution in [-0.4, -0.2) is 41.7 Å². The third kappa shape index (κ3) is 1.56. The molecule has 4 unspecified atom stereocenters. The molecule has 4 atom stereocenters. The summed E-state index contributed by atoms with van der Waals surface area (Å²) < 4.78 is 11.7. The number of carbonyl (C=O) groups is 1. The summed E-state index contributed by atoms with van der Waals surface area (Å²) in [7, 11) is 2.19. The van der Waals surface area contributed by atoms with E-state index in [0.29, 0.717) is 23.5 Å². The Morgan fingerprint density at radius 3 is 3.08 bits per heavy atom. The number of aromatic hydroxyl groups is 1. The maximum absolute atomic E-state index is 11.5. The fraction of sp³-hybridized carbons (Fsp3) is 0.526. The summed E-state index contributed by atoms with van der Waals surface area (Å²) >= 11 is 0. The number of nitrogens with zero attached hydrogens (tertiary/aromatic N) is 1. The molecule has 1 aromatic carbocycles. The molecule has 126 valence electrons. The zero-order valence-electron chi connectivity index (χ0n) is 13.9. The van der Waals surface area contributed by atoms with Gasteiger partial charge in [0.05, 0.1) is 0 Å². The first kappa shape index (κ1) is 14.3. The van der Waals surface area contributed by atoms with Gasteiger partial charge >= 0.3 is 5.97 Å². The Morgan fingerprint density at radius 1 is 1.46 bits per heavy atom. The number of carbonyl (C=O) groups excluding carboxylic acids is 1. The van der Waals surface area contributed by atoms with Crippen molar-refractivity contribution >= 4 is 5.97 Å². The highest BCUT2D eigenvalue weighted by Gasteiger charge is 2.64. The molecular weight excluding hydrogens is 306 g/mol. The second kappa shape index (κ2) is 4.54. The molecule has 2 bridgehead atoms. The van der Waals surface area contributed by atoms with Crippen LogP contribution in [-0.2, 0) is 21.4 Å². The molecule has 1 aromatic rings. The van der Waals surface area contributed by atoms with E-state index in [1.807, 2.05) is 12.1 Å². The lowest BCUT2D eigenvalue weighted by Gasteiger charge is -2.56. The number of allylic oxidation sites excluding steroid dienone is 1. The highest BCUT2D eigenvalue weighted by atomic mass is 16.6. The van der Waals surface area contributed by atoms with Gasteiger partial charge in [-0.05, 0) is 56.5 Å². The van der Waals surface area contributed by atoms with Crippen LogP contribution in [0.1, 0.15) is 30.9 Å². The Balaban J connectivity index is 1.75. The molecule has 2 aliphatic heterocycles. The zero-order valence-corrected chi connectivity index (χ0v) is 13.9. The number of rotatable bonds is 1. The summed E-state index contributed by atoms with van der Waals surface area (Å²) in [5, 5.41) is 10.4. The number of hydrogen-bond donors (Lipinski definition) is 1. The van der Waals surface area contributed by atoms with Crippen LogP contribution in [0.25, 0.3) is 0 Å². The average molecular weight is 327 g/mol. The van der Waals surface area contributed by atoms with Gasteiger partial charge in [-0.3, -0.25) is 4.79 Å². The topological polar surface area (TPSA) is 59.0 Å². The summed E-state index contributed by atoms with van der Waals surface area (Å²) in [4.78, 5) is 14.0. The van der Waals surface area contributed by atoms with Crippen molar-refractivity contribution in [2.24, 2.45) is 5.92 Å². The fourth-order valence-electron chi connectivity index (χ4n) is 5.58. The van der Waals surface area contributed by atoms with Gasteiger partial charge in [-0.15, -0.1) is 0 Å². The predicted octanol–water partition coefficient (Wildman–Crippen LogP) is 2.12. The lowest BCUT2D eigenvalue weighted by Crippen LogP contribution is -2.63. The van der Waals surface area contributed by atoms with Crippen LogP contribution in [0.15, 0.2) is 24.0 Å². The summed E-state index contributed by atoms with van der Waals surface area (Å²) in [5.74, 6) is 1.52. The quantitative estimate of drug-likeness (QED) is 0.801. The molecule has 0 saturated carbocycles. The number of ether oxygens (including phenoxy) is 2. The lowest BCUT2D eigenvalue weighted by atomic mass is 9.53. The van der Waals surface area contributed by atoms with E-state index in [0.717, 1.165) is 25.8 Å². The highest BCUT2D eigenvalue weighted by molar-refractivity contribution is 5.68. The average Bonchev–Trinajstić information content (AvgIpc) is 2.89. The van der Waals surface area contributed by atoms with E-state index < -0.39 is 0 Å². The summed E-state index contributed by atoms with van der Waals surface area (Å²) in [6.07, 6.45) is 4.54. The molecule has 0 aromatic heterocycles. The summed E-state index contributed by atoms with van der Waals surface area (Å²) in [6, 6.07) is 4.23. The van der Waals surface area contributed by atoms with Crippen molar-refractivity contribution in [2.45, 2.75) is 43.7 Å². The molecule has 1 N–H and O–H groups in total. The summed E-state index contributed by atoms with van der Waals surface area (Å²) in [5.41, 5.74) is 2.25. The van der Waals surface area contributed by atoms with Crippen molar-refractivity contribution in [3.05, 3.63) is 35.1 Å². The normalized spacial score (nSPS) is 35.8. The number of phenols is 1. The first-order valence-corrected chi connectivity index (χ1v) is 8.63. The minimum Gasteiger partial charge on any atom is -0.504 e. The van der Waals surface area contributed by atoms with Gasteiger partial charge in [-0.25, -0.2) is 0 Å². The molecule has 2 aliphatic carbocycles. The molecule has 5 nitrogen and oxygen atoms in total. The van der Waals surface area contributed by atoms with E-state index in [2.05, 4.69) is 11.9 Å². The van der Waals surface area contributed by atoms with Crippen molar-refractivity contribution in [1.29, 1.82) is 0 Å². The second-order valence-electron chi connectivity index (χ2n) is 7.53. The first-order chi connectivity index (χ1) is 11.5. The third-order valence-corrected chi connectivity index (χ3v) is 6.48. The Bertz CT molecular complexity index is 786. The Hall–Kier alpha value is -2.01. The van der Waals surface area contributed by atoms with Gasteiger partial charge in [0, 0.05) is 23.9 Å². The van der Waals surface area contributed by atoms with E-state index in [-0.39, 0.29) is 23.2 Å². The smallest absolute Gasteiger partial charge is 0.307 e. The second-order valence-corrected chi connectivity index (χ2v) is 7.53. The van der Waals surface area contributed by atoms with Gasteiger partial charge in [0.25, 0.3) is 0 Å². The zero-order chi connectivity index (χ0) is 16.6. The monoisotopic (exact) mass is 327 g/mol. The number of phenolic OH excluding ortho intramolecular Hbond substituents is 1. The number of likely N-dealkylation sites (tertiary alicyclic amines) is 1. The van der Waals surface area contributed by atoms with Crippen LogP contribution in [0.5, 0.6) is 11.5 Å². The number of esters is 1. The highest BCUT2D eigenvalue weighted by Crippen LogP contribution is 2.63. The van der Waals surface area contributed by atoms with Crippen LogP contribution in [0.3, 0.4) is 0 Å². The molecule has 2 heterocycles. The molecule has 1 spiro atoms. The van der Waals surface area contributed by atoms with Crippen LogP contribution in [0.4, 0.5) is 0 Å². The van der Waals surface area contributed by atoms with Crippen LogP contribution in [0.2, 0.25) is 0 Å². The molecular formula is C19H21NO4. The molecule has 24 heavy (non-hydrogen) atoms. The molecule has 5 heteroatoms. The van der Waals surface area contributed by atoms with E-state index >= 15 is 0 Å². The van der Waals surface area contributed by atoms with Crippen molar-refractivity contribution in [1.82, 2.24) is 4.90 Å². The Kier molecular flexibility index (Phi) is 2.71. The number of hydrogen-bond acceptors (Lipinski definition) is 5. The van der Waals surface area contributed by atoms with Gasteiger partial charge in [0.1, 0.15) is 5.76 Å². The van der Waals surface area contributed by atoms with E-state index in [4.69, 9.17) is 9.47 Å². The van der Waals surface area contributed by atoms with Crippen LogP contribution in [0, 0.1) is 5.92 Å². The van der Waals surface area contributed by atoms with Gasteiger partial charge in [0.15, 0.2) is 17.6 Å². The molecule has 0 radical (unpaired) electrons. The summed E-state index contributed by atoms with van der Waals surface area (Å²) in [6.45, 7) is 2.41. The van der Waals surface area contributed by atoms with Crippen LogP contribution >= 0.6 is 0 Å². The van der Waals surface area contributed by atoms with E-state index in [1.165, 1.54) is 18.1 Å². The molecule has 4 aliphatic rings. The van der Waals surface area contributed by atoms with Gasteiger partial charge in [-0.1, -0.05) is 6.07 Å². The van der Waals surface area contributed by atoms with E-state index in [9.17, 15) is 9.90 Å². The van der Waals surface area contributed by atoms with Crippen LogP contribution < -0.4 is 4.74 Å². The fourth-order valence-corrected chi connectivity index (χ4v) is 5.58. The molecule has 0 amide bonds. The Labute approximate surface area is 140 Å². The molecule has 1 saturated heterocycles. The van der Waals surface area contributed by atoms with Gasteiger partial charge < -0.3 is 19.5 Å². The van der Waals surface area contributed by atoms with Crippen molar-refractivity contribution in [2.75, 3.05) is 13.6 Å². The maximum Gasteiger partial charge on any atom is 0.307 e. The number of piperidine rings is 1. The third-order valence-electron chi connectivity index (χ3n) is 6.48. The lowest BCUT2D eigenvalue weighted by molar-refractivity contribution is -0.140. The Morgan fingerprint density at radius 2 is 2.29 bits per heavy atom. The molecule has 1 fully saturated rings. The standard InChI is InChI=1S/C19H21NO4/c1-10(21)23-15-6-4-12-13-9-11-3-5-14(22)17-16(11)19(12,18(15)24-17)7-8-20(13)2/h3,5-6,12-13,18,22H,4,7-9H2,1-2H3.